The van der Waals surface area contributed by atoms with Crippen LogP contribution in [0.2, 0.25) is 0 Å². The van der Waals surface area contributed by atoms with Gasteiger partial charge in [0, 0.05) is 30.4 Å². The summed E-state index contributed by atoms with van der Waals surface area (Å²) in [6.07, 6.45) is 1.14. The van der Waals surface area contributed by atoms with Crippen molar-refractivity contribution in [2.75, 3.05) is 6.54 Å². The number of amides is 1. The summed E-state index contributed by atoms with van der Waals surface area (Å²) in [6, 6.07) is 9.97. The molecule has 1 amide bonds. The number of fused-ring (bicyclic) bond motifs is 1. The summed E-state index contributed by atoms with van der Waals surface area (Å²) in [5, 5.41) is 3.84. The highest BCUT2D eigenvalue weighted by Gasteiger charge is 2.46. The number of carbonyl (C=O) groups excluding carboxylic acids is 1. The molecular formula is C20H18F2N2OS. The van der Waals surface area contributed by atoms with E-state index in [0.29, 0.717) is 19.4 Å². The first-order valence-corrected chi connectivity index (χ1v) is 9.42. The van der Waals surface area contributed by atoms with Crippen LogP contribution in [0, 0.1) is 24.5 Å². The van der Waals surface area contributed by atoms with Gasteiger partial charge in [-0.05, 0) is 43.2 Å². The van der Waals surface area contributed by atoms with E-state index < -0.39 is 11.6 Å². The van der Waals surface area contributed by atoms with Gasteiger partial charge in [0.05, 0.1) is 15.2 Å². The summed E-state index contributed by atoms with van der Waals surface area (Å²) < 4.78 is 28.7. The fourth-order valence-electron chi connectivity index (χ4n) is 3.28. The Kier molecular flexibility index (Phi) is 4.44. The molecule has 0 aliphatic heterocycles. The molecular weight excluding hydrogens is 354 g/mol. The molecule has 26 heavy (non-hydrogen) atoms. The first kappa shape index (κ1) is 17.1. The lowest BCUT2D eigenvalue weighted by atomic mass is 10.1. The summed E-state index contributed by atoms with van der Waals surface area (Å²) in [5.41, 5.74) is 2.19. The Morgan fingerprint density at radius 2 is 2.04 bits per heavy atom. The smallest absolute Gasteiger partial charge is 0.223 e. The predicted molar refractivity (Wildman–Crippen MR) is 98.3 cm³/mol. The number of benzene rings is 2. The summed E-state index contributed by atoms with van der Waals surface area (Å²) in [6.45, 7) is 2.50. The van der Waals surface area contributed by atoms with Crippen molar-refractivity contribution in [3.63, 3.8) is 0 Å². The third kappa shape index (κ3) is 3.33. The molecule has 134 valence electrons. The van der Waals surface area contributed by atoms with Crippen molar-refractivity contribution in [1.82, 2.24) is 10.3 Å². The van der Waals surface area contributed by atoms with E-state index in [1.165, 1.54) is 23.8 Å². The van der Waals surface area contributed by atoms with Gasteiger partial charge in [0.1, 0.15) is 11.6 Å². The summed E-state index contributed by atoms with van der Waals surface area (Å²) in [7, 11) is 0. The highest BCUT2D eigenvalue weighted by Crippen LogP contribution is 2.49. The summed E-state index contributed by atoms with van der Waals surface area (Å²) >= 11 is 1.62. The highest BCUT2D eigenvalue weighted by atomic mass is 32.1. The molecule has 2 aromatic carbocycles. The molecule has 0 bridgehead atoms. The topological polar surface area (TPSA) is 42.0 Å². The molecule has 6 heteroatoms. The molecule has 0 saturated heterocycles. The third-order valence-electron chi connectivity index (χ3n) is 4.72. The lowest BCUT2D eigenvalue weighted by molar-refractivity contribution is -0.122. The number of carbonyl (C=O) groups is 1. The third-order valence-corrected chi connectivity index (χ3v) is 5.82. The maximum absolute atomic E-state index is 13.8. The van der Waals surface area contributed by atoms with Gasteiger partial charge >= 0.3 is 0 Å². The van der Waals surface area contributed by atoms with Crippen LogP contribution in [-0.4, -0.2) is 17.4 Å². The second-order valence-corrected chi connectivity index (χ2v) is 7.82. The quantitative estimate of drug-likeness (QED) is 0.724. The largest absolute Gasteiger partial charge is 0.355 e. The number of thiazole rings is 1. The standard InChI is InChI=1S/C20H18F2N2OS/c1-11-5-6-17-16(9-11)24-18(26-17)7-8-23-20(25)13-10-12(13)19-14(21)3-2-4-15(19)22/h2-6,9,12-13H,7-8,10H2,1H3,(H,23,25). The van der Waals surface area contributed by atoms with Crippen LogP contribution in [0.4, 0.5) is 8.78 Å². The minimum atomic E-state index is -0.574. The van der Waals surface area contributed by atoms with Crippen molar-refractivity contribution in [2.24, 2.45) is 5.92 Å². The summed E-state index contributed by atoms with van der Waals surface area (Å²) in [5.74, 6) is -2.00. The highest BCUT2D eigenvalue weighted by molar-refractivity contribution is 7.18. The zero-order chi connectivity index (χ0) is 18.3. The van der Waals surface area contributed by atoms with Gasteiger partial charge in [0.15, 0.2) is 0 Å². The monoisotopic (exact) mass is 372 g/mol. The second kappa shape index (κ2) is 6.76. The zero-order valence-electron chi connectivity index (χ0n) is 14.3. The van der Waals surface area contributed by atoms with Gasteiger partial charge in [-0.25, -0.2) is 13.8 Å². The minimum Gasteiger partial charge on any atom is -0.355 e. The van der Waals surface area contributed by atoms with E-state index >= 15 is 0 Å². The Labute approximate surface area is 154 Å². The van der Waals surface area contributed by atoms with Gasteiger partial charge in [0.2, 0.25) is 5.91 Å². The van der Waals surface area contributed by atoms with Gasteiger partial charge in [0.25, 0.3) is 0 Å². The number of halogens is 2. The molecule has 1 N–H and O–H groups in total. The van der Waals surface area contributed by atoms with E-state index in [2.05, 4.69) is 22.4 Å². The van der Waals surface area contributed by atoms with E-state index in [1.807, 2.05) is 13.0 Å². The molecule has 1 saturated carbocycles. The fraction of sp³-hybridized carbons (Fsp3) is 0.300. The molecule has 2 atom stereocenters. The van der Waals surface area contributed by atoms with Gasteiger partial charge in [-0.3, -0.25) is 4.79 Å². The summed E-state index contributed by atoms with van der Waals surface area (Å²) in [4.78, 5) is 16.8. The van der Waals surface area contributed by atoms with Crippen molar-refractivity contribution in [3.8, 4) is 0 Å². The SMILES string of the molecule is Cc1ccc2sc(CCNC(=O)C3CC3c3c(F)cccc3F)nc2c1. The maximum atomic E-state index is 13.8. The van der Waals surface area contributed by atoms with Gasteiger partial charge in [-0.1, -0.05) is 12.1 Å². The molecule has 1 aliphatic rings. The number of nitrogens with zero attached hydrogens (tertiary/aromatic N) is 1. The van der Waals surface area contributed by atoms with Crippen LogP contribution in [0.15, 0.2) is 36.4 Å². The molecule has 3 aromatic rings. The zero-order valence-corrected chi connectivity index (χ0v) is 15.1. The number of aromatic nitrogens is 1. The lowest BCUT2D eigenvalue weighted by Gasteiger charge is -2.05. The number of hydrogen-bond acceptors (Lipinski definition) is 3. The average Bonchev–Trinajstić information content (AvgIpc) is 3.27. The molecule has 1 aromatic heterocycles. The number of rotatable bonds is 5. The molecule has 1 heterocycles. The van der Waals surface area contributed by atoms with Crippen LogP contribution in [0.1, 0.15) is 28.5 Å². The Morgan fingerprint density at radius 1 is 1.27 bits per heavy atom. The normalized spacial score (nSPS) is 18.9. The molecule has 2 unspecified atom stereocenters. The van der Waals surface area contributed by atoms with Gasteiger partial charge in [-0.2, -0.15) is 0 Å². The second-order valence-electron chi connectivity index (χ2n) is 6.70. The average molecular weight is 372 g/mol. The van der Waals surface area contributed by atoms with Crippen LogP contribution in [0.25, 0.3) is 10.2 Å². The van der Waals surface area contributed by atoms with Crippen LogP contribution >= 0.6 is 11.3 Å². The number of hydrogen-bond donors (Lipinski definition) is 1. The molecule has 3 nitrogen and oxygen atoms in total. The van der Waals surface area contributed by atoms with Crippen LogP contribution in [0.5, 0.6) is 0 Å². The molecule has 1 fully saturated rings. The van der Waals surface area contributed by atoms with E-state index in [0.717, 1.165) is 15.2 Å². The maximum Gasteiger partial charge on any atom is 0.223 e. The van der Waals surface area contributed by atoms with E-state index in [-0.39, 0.29) is 23.3 Å². The Bertz CT molecular complexity index is 965. The molecule has 0 radical (unpaired) electrons. The Balaban J connectivity index is 1.33. The van der Waals surface area contributed by atoms with Crippen molar-refractivity contribution >= 4 is 27.5 Å². The number of nitrogens with one attached hydrogen (secondary N) is 1. The van der Waals surface area contributed by atoms with Crippen LogP contribution in [-0.2, 0) is 11.2 Å². The Morgan fingerprint density at radius 3 is 2.81 bits per heavy atom. The van der Waals surface area contributed by atoms with E-state index in [1.54, 1.807) is 11.3 Å². The first-order valence-electron chi connectivity index (χ1n) is 8.60. The van der Waals surface area contributed by atoms with Gasteiger partial charge in [-0.15, -0.1) is 11.3 Å². The van der Waals surface area contributed by atoms with E-state index in [4.69, 9.17) is 0 Å². The van der Waals surface area contributed by atoms with Crippen LogP contribution < -0.4 is 5.32 Å². The fourth-order valence-corrected chi connectivity index (χ4v) is 4.23. The van der Waals surface area contributed by atoms with Crippen molar-refractivity contribution in [1.29, 1.82) is 0 Å². The van der Waals surface area contributed by atoms with Gasteiger partial charge < -0.3 is 5.32 Å². The first-order chi connectivity index (χ1) is 12.5. The lowest BCUT2D eigenvalue weighted by Crippen LogP contribution is -2.27. The molecule has 1 aliphatic carbocycles. The van der Waals surface area contributed by atoms with E-state index in [9.17, 15) is 13.6 Å². The van der Waals surface area contributed by atoms with Crippen LogP contribution in [0.3, 0.4) is 0 Å². The molecule has 0 spiro atoms. The van der Waals surface area contributed by atoms with Crippen molar-refractivity contribution in [3.05, 3.63) is 64.2 Å². The molecule has 4 rings (SSSR count). The van der Waals surface area contributed by atoms with Crippen molar-refractivity contribution in [2.45, 2.75) is 25.7 Å². The number of aryl methyl sites for hydroxylation is 1. The van der Waals surface area contributed by atoms with Crippen molar-refractivity contribution < 1.29 is 13.6 Å². The minimum absolute atomic E-state index is 0.0363. The predicted octanol–water partition coefficient (Wildman–Crippen LogP) is 4.35. The Hall–Kier alpha value is -2.34.